The third kappa shape index (κ3) is 3.73. The Hall–Kier alpha value is -2.78. The van der Waals surface area contributed by atoms with Gasteiger partial charge < -0.3 is 19.7 Å². The van der Waals surface area contributed by atoms with Crippen LogP contribution in [0.5, 0.6) is 0 Å². The predicted molar refractivity (Wildman–Crippen MR) is 95.0 cm³/mol. The number of aromatic nitrogens is 4. The van der Waals surface area contributed by atoms with E-state index in [1.165, 1.54) is 0 Å². The van der Waals surface area contributed by atoms with Crippen LogP contribution in [0.1, 0.15) is 5.56 Å². The lowest BCUT2D eigenvalue weighted by Gasteiger charge is -2.28. The molecule has 1 fully saturated rings. The first-order chi connectivity index (χ1) is 12.8. The summed E-state index contributed by atoms with van der Waals surface area (Å²) in [6.07, 6.45) is -0.0105. The number of hydrogen-bond acceptors (Lipinski definition) is 9. The van der Waals surface area contributed by atoms with Gasteiger partial charge in [0.2, 0.25) is 11.3 Å². The van der Waals surface area contributed by atoms with Crippen molar-refractivity contribution in [3.8, 4) is 0 Å². The number of nitrogens with zero attached hydrogens (tertiary/aromatic N) is 5. The Morgan fingerprint density at radius 3 is 2.69 bits per heavy atom. The first-order valence-electron chi connectivity index (χ1n) is 8.48. The van der Waals surface area contributed by atoms with Crippen molar-refractivity contribution in [1.82, 2.24) is 20.3 Å². The fourth-order valence-corrected chi connectivity index (χ4v) is 2.83. The lowest BCUT2D eigenvalue weighted by Crippen LogP contribution is -2.39. The Morgan fingerprint density at radius 2 is 1.92 bits per heavy atom. The molecule has 1 atom stereocenters. The average Bonchev–Trinajstić information content (AvgIpc) is 3.14. The molecule has 0 bridgehead atoms. The van der Waals surface area contributed by atoms with Crippen LogP contribution >= 0.6 is 0 Å². The summed E-state index contributed by atoms with van der Waals surface area (Å²) in [6, 6.07) is 10.1. The molecule has 0 aliphatic carbocycles. The van der Waals surface area contributed by atoms with Gasteiger partial charge in [0, 0.05) is 20.1 Å². The zero-order valence-electron chi connectivity index (χ0n) is 14.5. The molecule has 26 heavy (non-hydrogen) atoms. The maximum Gasteiger partial charge on any atom is 0.245 e. The summed E-state index contributed by atoms with van der Waals surface area (Å²) in [4.78, 5) is 11.0. The summed E-state index contributed by atoms with van der Waals surface area (Å²) < 4.78 is 16.0. The van der Waals surface area contributed by atoms with E-state index in [0.29, 0.717) is 55.8 Å². The Balaban J connectivity index is 1.56. The van der Waals surface area contributed by atoms with Gasteiger partial charge >= 0.3 is 0 Å². The van der Waals surface area contributed by atoms with Crippen molar-refractivity contribution in [2.75, 3.05) is 43.6 Å². The number of benzene rings is 1. The molecule has 2 aromatic heterocycles. The number of rotatable bonds is 6. The van der Waals surface area contributed by atoms with Crippen LogP contribution in [-0.4, -0.2) is 59.8 Å². The second kappa shape index (κ2) is 7.63. The smallest absolute Gasteiger partial charge is 0.245 e. The highest BCUT2D eigenvalue weighted by Gasteiger charge is 2.21. The van der Waals surface area contributed by atoms with E-state index in [4.69, 9.17) is 14.1 Å². The van der Waals surface area contributed by atoms with E-state index in [1.54, 1.807) is 0 Å². The number of hydrogen-bond donors (Lipinski definition) is 1. The highest BCUT2D eigenvalue weighted by Crippen LogP contribution is 2.24. The zero-order chi connectivity index (χ0) is 17.8. The maximum absolute atomic E-state index is 5.73. The fraction of sp³-hybridized carbons (Fsp3) is 0.412. The topological polar surface area (TPSA) is 98.4 Å². The van der Waals surface area contributed by atoms with Crippen molar-refractivity contribution in [2.24, 2.45) is 0 Å². The molecule has 4 rings (SSSR count). The van der Waals surface area contributed by atoms with Crippen LogP contribution in [0.15, 0.2) is 35.0 Å². The quantitative estimate of drug-likeness (QED) is 0.704. The minimum atomic E-state index is -0.0105. The lowest BCUT2D eigenvalue weighted by atomic mass is 10.2. The lowest BCUT2D eigenvalue weighted by molar-refractivity contribution is -0.0837. The van der Waals surface area contributed by atoms with Crippen LogP contribution in [0.25, 0.3) is 11.3 Å². The Labute approximate surface area is 150 Å². The van der Waals surface area contributed by atoms with Gasteiger partial charge in [0.25, 0.3) is 0 Å². The third-order valence-electron chi connectivity index (χ3n) is 4.12. The van der Waals surface area contributed by atoms with Crippen LogP contribution in [0.3, 0.4) is 0 Å². The SMILES string of the molecule is CN(CC1COCCO1)c1nc2nonc2nc1NCc1ccccc1. The van der Waals surface area contributed by atoms with Crippen molar-refractivity contribution >= 4 is 22.9 Å². The molecule has 1 unspecified atom stereocenters. The largest absolute Gasteiger partial charge is 0.376 e. The number of anilines is 2. The standard InChI is InChI=1S/C17H20N6O3/c1-23(10-13-11-24-7-8-25-13)17-16(18-9-12-5-3-2-4-6-12)19-14-15(20-17)22-26-21-14/h2-6,13H,7-11H2,1H3,(H,18,19,21). The molecule has 3 aromatic rings. The molecule has 3 heterocycles. The molecule has 1 aromatic carbocycles. The van der Waals surface area contributed by atoms with E-state index in [0.717, 1.165) is 5.56 Å². The van der Waals surface area contributed by atoms with Gasteiger partial charge in [-0.1, -0.05) is 30.3 Å². The molecule has 1 aliphatic heterocycles. The van der Waals surface area contributed by atoms with E-state index < -0.39 is 0 Å². The van der Waals surface area contributed by atoms with Crippen LogP contribution in [0, 0.1) is 0 Å². The second-order valence-corrected chi connectivity index (χ2v) is 6.09. The van der Waals surface area contributed by atoms with Crippen molar-refractivity contribution in [3.05, 3.63) is 35.9 Å². The summed E-state index contributed by atoms with van der Waals surface area (Å²) >= 11 is 0. The summed E-state index contributed by atoms with van der Waals surface area (Å²) in [5, 5.41) is 10.9. The average molecular weight is 356 g/mol. The van der Waals surface area contributed by atoms with E-state index in [-0.39, 0.29) is 6.10 Å². The molecule has 136 valence electrons. The molecule has 1 saturated heterocycles. The van der Waals surface area contributed by atoms with Gasteiger partial charge in [-0.25, -0.2) is 14.6 Å². The van der Waals surface area contributed by atoms with Gasteiger partial charge in [-0.15, -0.1) is 0 Å². The molecule has 1 aliphatic rings. The summed E-state index contributed by atoms with van der Waals surface area (Å²) in [7, 11) is 1.94. The number of ether oxygens (including phenoxy) is 2. The van der Waals surface area contributed by atoms with E-state index in [9.17, 15) is 0 Å². The number of fused-ring (bicyclic) bond motifs is 1. The molecule has 0 saturated carbocycles. The van der Waals surface area contributed by atoms with Crippen molar-refractivity contribution in [2.45, 2.75) is 12.6 Å². The monoisotopic (exact) mass is 356 g/mol. The third-order valence-corrected chi connectivity index (χ3v) is 4.12. The number of nitrogens with one attached hydrogen (secondary N) is 1. The van der Waals surface area contributed by atoms with Gasteiger partial charge in [-0.2, -0.15) is 0 Å². The van der Waals surface area contributed by atoms with Gasteiger partial charge in [-0.3, -0.25) is 0 Å². The normalized spacial score (nSPS) is 17.3. The van der Waals surface area contributed by atoms with E-state index >= 15 is 0 Å². The predicted octanol–water partition coefficient (Wildman–Crippen LogP) is 1.48. The first-order valence-corrected chi connectivity index (χ1v) is 8.48. The van der Waals surface area contributed by atoms with Crippen LogP contribution in [0.4, 0.5) is 11.6 Å². The Bertz CT molecular complexity index is 850. The van der Waals surface area contributed by atoms with Gasteiger partial charge in [0.1, 0.15) is 0 Å². The second-order valence-electron chi connectivity index (χ2n) is 6.09. The highest BCUT2D eigenvalue weighted by atomic mass is 16.6. The molecular weight excluding hydrogens is 336 g/mol. The summed E-state index contributed by atoms with van der Waals surface area (Å²) in [6.45, 7) is 3.07. The minimum Gasteiger partial charge on any atom is -0.376 e. The van der Waals surface area contributed by atoms with Crippen LogP contribution in [-0.2, 0) is 16.0 Å². The van der Waals surface area contributed by atoms with E-state index in [2.05, 4.69) is 25.6 Å². The van der Waals surface area contributed by atoms with Crippen LogP contribution < -0.4 is 10.2 Å². The van der Waals surface area contributed by atoms with Crippen molar-refractivity contribution in [1.29, 1.82) is 0 Å². The fourth-order valence-electron chi connectivity index (χ4n) is 2.83. The van der Waals surface area contributed by atoms with E-state index in [1.807, 2.05) is 42.3 Å². The molecule has 9 heteroatoms. The molecule has 1 N–H and O–H groups in total. The van der Waals surface area contributed by atoms with Crippen molar-refractivity contribution < 1.29 is 14.1 Å². The van der Waals surface area contributed by atoms with Gasteiger partial charge in [-0.05, 0) is 15.9 Å². The molecular formula is C17H20N6O3. The van der Waals surface area contributed by atoms with Gasteiger partial charge in [0.05, 0.1) is 25.9 Å². The minimum absolute atomic E-state index is 0.0105. The Morgan fingerprint density at radius 1 is 1.12 bits per heavy atom. The Kier molecular flexibility index (Phi) is 4.89. The van der Waals surface area contributed by atoms with Crippen molar-refractivity contribution in [3.63, 3.8) is 0 Å². The summed E-state index contributed by atoms with van der Waals surface area (Å²) in [5.41, 5.74) is 1.89. The summed E-state index contributed by atoms with van der Waals surface area (Å²) in [5.74, 6) is 1.29. The first kappa shape index (κ1) is 16.7. The van der Waals surface area contributed by atoms with Crippen LogP contribution in [0.2, 0.25) is 0 Å². The number of likely N-dealkylation sites (N-methyl/N-ethyl adjacent to an activating group) is 1. The zero-order valence-corrected chi connectivity index (χ0v) is 14.5. The molecule has 0 spiro atoms. The highest BCUT2D eigenvalue weighted by molar-refractivity contribution is 5.73. The molecule has 0 amide bonds. The van der Waals surface area contributed by atoms with Gasteiger partial charge in [0.15, 0.2) is 11.6 Å². The molecule has 9 nitrogen and oxygen atoms in total. The maximum atomic E-state index is 5.73. The molecule has 0 radical (unpaired) electrons.